The Balaban J connectivity index is 2.04. The molecule has 0 atom stereocenters. The second-order valence-electron chi connectivity index (χ2n) is 4.74. The summed E-state index contributed by atoms with van der Waals surface area (Å²) in [6, 6.07) is 14.3. The van der Waals surface area contributed by atoms with Crippen molar-refractivity contribution >= 4 is 50.6 Å². The molecule has 1 N–H and O–H groups in total. The summed E-state index contributed by atoms with van der Waals surface area (Å²) in [5, 5.41) is 3.60. The second-order valence-corrected chi connectivity index (χ2v) is 6.17. The molecule has 3 rings (SSSR count). The topological polar surface area (TPSA) is 55.4 Å². The number of carbonyl (C=O) groups excluding carboxylic acids is 2. The molecule has 0 fully saturated rings. The van der Waals surface area contributed by atoms with Crippen LogP contribution >= 0.6 is 22.9 Å². The van der Waals surface area contributed by atoms with Crippen molar-refractivity contribution in [1.82, 2.24) is 0 Å². The largest absolute Gasteiger partial charge is 0.465 e. The van der Waals surface area contributed by atoms with Gasteiger partial charge in [-0.15, -0.1) is 11.3 Å². The molecule has 0 unspecified atom stereocenters. The molecule has 0 saturated carbocycles. The molecule has 0 bridgehead atoms. The van der Waals surface area contributed by atoms with Gasteiger partial charge in [0.1, 0.15) is 4.88 Å². The number of nitrogens with one attached hydrogen (secondary N) is 1. The van der Waals surface area contributed by atoms with Crippen LogP contribution in [0.1, 0.15) is 20.0 Å². The lowest BCUT2D eigenvalue weighted by atomic mass is 10.1. The summed E-state index contributed by atoms with van der Waals surface area (Å²) in [5.74, 6) is -0.788. The van der Waals surface area contributed by atoms with Crippen molar-refractivity contribution in [1.29, 1.82) is 0 Å². The number of esters is 1. The minimum atomic E-state index is -0.481. The van der Waals surface area contributed by atoms with Gasteiger partial charge in [-0.05, 0) is 24.3 Å². The molecule has 0 aliphatic heterocycles. The smallest absolute Gasteiger partial charge is 0.338 e. The van der Waals surface area contributed by atoms with E-state index in [4.69, 9.17) is 16.3 Å². The van der Waals surface area contributed by atoms with Gasteiger partial charge >= 0.3 is 5.97 Å². The van der Waals surface area contributed by atoms with Crippen molar-refractivity contribution < 1.29 is 14.3 Å². The van der Waals surface area contributed by atoms with Gasteiger partial charge < -0.3 is 10.1 Å². The van der Waals surface area contributed by atoms with E-state index in [1.165, 1.54) is 18.4 Å². The first kappa shape index (κ1) is 15.5. The molecule has 0 aliphatic carbocycles. The van der Waals surface area contributed by atoms with Crippen LogP contribution in [0.5, 0.6) is 0 Å². The van der Waals surface area contributed by atoms with E-state index in [1.54, 1.807) is 24.3 Å². The minimum absolute atomic E-state index is 0.263. The molecule has 2 aromatic carbocycles. The van der Waals surface area contributed by atoms with Gasteiger partial charge in [-0.2, -0.15) is 0 Å². The highest BCUT2D eigenvalue weighted by molar-refractivity contribution is 7.21. The number of amides is 1. The van der Waals surface area contributed by atoms with Gasteiger partial charge in [-0.3, -0.25) is 4.79 Å². The Morgan fingerprint density at radius 2 is 1.83 bits per heavy atom. The summed E-state index contributed by atoms with van der Waals surface area (Å²) in [4.78, 5) is 24.7. The van der Waals surface area contributed by atoms with Crippen molar-refractivity contribution in [2.24, 2.45) is 0 Å². The van der Waals surface area contributed by atoms with Crippen LogP contribution in [-0.4, -0.2) is 19.0 Å². The second kappa shape index (κ2) is 6.40. The number of fused-ring (bicyclic) bond motifs is 1. The van der Waals surface area contributed by atoms with E-state index >= 15 is 0 Å². The van der Waals surface area contributed by atoms with E-state index in [-0.39, 0.29) is 10.9 Å². The molecular formula is C17H12ClNO3S. The molecule has 23 heavy (non-hydrogen) atoms. The third kappa shape index (κ3) is 2.93. The van der Waals surface area contributed by atoms with Crippen LogP contribution in [-0.2, 0) is 4.74 Å². The zero-order valence-electron chi connectivity index (χ0n) is 12.1. The average Bonchev–Trinajstić information content (AvgIpc) is 2.92. The number of para-hydroxylation sites is 1. The summed E-state index contributed by atoms with van der Waals surface area (Å²) in [7, 11) is 1.31. The number of halogens is 1. The predicted octanol–water partition coefficient (Wildman–Crippen LogP) is 4.59. The molecule has 3 aromatic rings. The number of rotatable bonds is 3. The normalized spacial score (nSPS) is 10.5. The number of thiophene rings is 1. The zero-order chi connectivity index (χ0) is 16.4. The van der Waals surface area contributed by atoms with Gasteiger partial charge in [0.2, 0.25) is 0 Å². The molecule has 6 heteroatoms. The molecule has 0 spiro atoms. The number of ether oxygens (including phenoxy) is 1. The molecule has 1 heterocycles. The Morgan fingerprint density at radius 1 is 1.09 bits per heavy atom. The third-order valence-electron chi connectivity index (χ3n) is 3.30. The first-order valence-electron chi connectivity index (χ1n) is 6.77. The van der Waals surface area contributed by atoms with Crippen molar-refractivity contribution in [2.75, 3.05) is 12.4 Å². The van der Waals surface area contributed by atoms with E-state index in [0.717, 1.165) is 4.70 Å². The maximum Gasteiger partial charge on any atom is 0.338 e. The fraction of sp³-hybridized carbons (Fsp3) is 0.0588. The Morgan fingerprint density at radius 3 is 2.52 bits per heavy atom. The first-order chi connectivity index (χ1) is 11.1. The van der Waals surface area contributed by atoms with Crippen LogP contribution in [0.15, 0.2) is 48.5 Å². The van der Waals surface area contributed by atoms with E-state index < -0.39 is 5.97 Å². The molecule has 116 valence electrons. The highest BCUT2D eigenvalue weighted by atomic mass is 35.5. The van der Waals surface area contributed by atoms with Gasteiger partial charge in [-0.25, -0.2) is 4.79 Å². The number of methoxy groups -OCH3 is 1. The Hall–Kier alpha value is -2.37. The lowest BCUT2D eigenvalue weighted by Crippen LogP contribution is -2.10. The average molecular weight is 346 g/mol. The van der Waals surface area contributed by atoms with E-state index in [2.05, 4.69) is 5.32 Å². The molecule has 1 amide bonds. The van der Waals surface area contributed by atoms with Gasteiger partial charge in [-0.1, -0.05) is 35.9 Å². The highest BCUT2D eigenvalue weighted by Gasteiger charge is 2.22. The minimum Gasteiger partial charge on any atom is -0.465 e. The maximum absolute atomic E-state index is 12.5. The molecular weight excluding hydrogens is 334 g/mol. The van der Waals surface area contributed by atoms with Crippen LogP contribution in [0, 0.1) is 0 Å². The Labute approximate surface area is 141 Å². The third-order valence-corrected chi connectivity index (χ3v) is 4.94. The van der Waals surface area contributed by atoms with Crippen LogP contribution in [0.2, 0.25) is 5.02 Å². The molecule has 4 nitrogen and oxygen atoms in total. The van der Waals surface area contributed by atoms with Crippen LogP contribution in [0.3, 0.4) is 0 Å². The molecule has 1 aromatic heterocycles. The molecule has 0 aliphatic rings. The number of hydrogen-bond donors (Lipinski definition) is 1. The summed E-state index contributed by atoms with van der Waals surface area (Å²) in [5.41, 5.74) is 1.03. The van der Waals surface area contributed by atoms with Gasteiger partial charge in [0.05, 0.1) is 17.7 Å². The maximum atomic E-state index is 12.5. The fourth-order valence-electron chi connectivity index (χ4n) is 2.25. The summed E-state index contributed by atoms with van der Waals surface area (Å²) in [6.45, 7) is 0. The Bertz CT molecular complexity index is 889. The van der Waals surface area contributed by atoms with Gasteiger partial charge in [0.15, 0.2) is 0 Å². The Kier molecular flexibility index (Phi) is 4.32. The van der Waals surface area contributed by atoms with Crippen molar-refractivity contribution in [3.8, 4) is 0 Å². The van der Waals surface area contributed by atoms with Gasteiger partial charge in [0, 0.05) is 15.8 Å². The van der Waals surface area contributed by atoms with Crippen LogP contribution < -0.4 is 5.32 Å². The molecule has 0 saturated heterocycles. The lowest BCUT2D eigenvalue weighted by molar-refractivity contribution is 0.0603. The number of carbonyl (C=O) groups is 2. The van der Waals surface area contributed by atoms with Crippen molar-refractivity contribution in [3.05, 3.63) is 64.0 Å². The standard InChI is InChI=1S/C17H12ClNO3S/c1-22-17(21)11-8-5-9-12-13(11)14(18)15(23-12)16(20)19-10-6-3-2-4-7-10/h2-9H,1H3,(H,19,20). The first-order valence-corrected chi connectivity index (χ1v) is 7.97. The summed E-state index contributed by atoms with van der Waals surface area (Å²) >= 11 is 7.61. The van der Waals surface area contributed by atoms with Gasteiger partial charge in [0.25, 0.3) is 5.91 Å². The summed E-state index contributed by atoms with van der Waals surface area (Å²) < 4.78 is 5.53. The van der Waals surface area contributed by atoms with Crippen molar-refractivity contribution in [3.63, 3.8) is 0 Å². The van der Waals surface area contributed by atoms with E-state index in [9.17, 15) is 9.59 Å². The lowest BCUT2D eigenvalue weighted by Gasteiger charge is -2.03. The van der Waals surface area contributed by atoms with E-state index in [0.29, 0.717) is 21.5 Å². The van der Waals surface area contributed by atoms with Crippen LogP contribution in [0.25, 0.3) is 10.1 Å². The van der Waals surface area contributed by atoms with Crippen LogP contribution in [0.4, 0.5) is 5.69 Å². The number of hydrogen-bond acceptors (Lipinski definition) is 4. The van der Waals surface area contributed by atoms with Crippen molar-refractivity contribution in [2.45, 2.75) is 0 Å². The predicted molar refractivity (Wildman–Crippen MR) is 92.6 cm³/mol. The monoisotopic (exact) mass is 345 g/mol. The SMILES string of the molecule is COC(=O)c1cccc2sc(C(=O)Nc3ccccc3)c(Cl)c12. The number of anilines is 1. The van der Waals surface area contributed by atoms with E-state index in [1.807, 2.05) is 24.3 Å². The fourth-order valence-corrected chi connectivity index (χ4v) is 3.72. The number of benzene rings is 2. The highest BCUT2D eigenvalue weighted by Crippen LogP contribution is 2.38. The molecule has 0 radical (unpaired) electrons. The summed E-state index contributed by atoms with van der Waals surface area (Å²) in [6.07, 6.45) is 0. The quantitative estimate of drug-likeness (QED) is 0.706. The zero-order valence-corrected chi connectivity index (χ0v) is 13.7.